The lowest BCUT2D eigenvalue weighted by atomic mass is 10.1. The Morgan fingerprint density at radius 3 is 2.57 bits per heavy atom. The lowest BCUT2D eigenvalue weighted by Crippen LogP contribution is -2.43. The van der Waals surface area contributed by atoms with Crippen LogP contribution in [-0.2, 0) is 6.18 Å². The summed E-state index contributed by atoms with van der Waals surface area (Å²) in [6.45, 7) is 1.10. The number of ether oxygens (including phenoxy) is 1. The number of halogens is 5. The Bertz CT molecular complexity index is 1240. The third-order valence-corrected chi connectivity index (χ3v) is 5.43. The molecule has 1 aliphatic rings. The minimum atomic E-state index is -4.51. The number of fused-ring (bicyclic) bond motifs is 1. The first kappa shape index (κ1) is 24.2. The van der Waals surface area contributed by atoms with Crippen LogP contribution in [0.3, 0.4) is 0 Å². The number of carbonyl (C=O) groups excluding carboxylic acids is 2. The van der Waals surface area contributed by atoms with Gasteiger partial charge in [-0.2, -0.15) is 13.2 Å². The zero-order valence-electron chi connectivity index (χ0n) is 18.2. The number of nitrogens with zero attached hydrogens (tertiary/aromatic N) is 3. The van der Waals surface area contributed by atoms with Crippen molar-refractivity contribution in [1.82, 2.24) is 9.55 Å². The smallest absolute Gasteiger partial charge is 0.416 e. The van der Waals surface area contributed by atoms with Crippen molar-refractivity contribution in [3.05, 3.63) is 71.8 Å². The van der Waals surface area contributed by atoms with E-state index in [0.717, 1.165) is 12.1 Å². The fraction of sp³-hybridized carbons (Fsp3) is 0.261. The maximum Gasteiger partial charge on any atom is 0.416 e. The molecule has 7 nitrogen and oxygen atoms in total. The van der Waals surface area contributed by atoms with Gasteiger partial charge in [0, 0.05) is 36.7 Å². The van der Waals surface area contributed by atoms with E-state index in [1.54, 1.807) is 17.7 Å². The Morgan fingerprint density at radius 2 is 1.91 bits per heavy atom. The SMILES string of the molecule is C[C@H]1CN(c2ccc(C(F)(F)F)cc2)C(=O)c2c(C(=O)Nc3cnccc3OCC(F)F)ccn21. The van der Waals surface area contributed by atoms with Crippen LogP contribution in [-0.4, -0.2) is 40.9 Å². The molecule has 35 heavy (non-hydrogen) atoms. The van der Waals surface area contributed by atoms with E-state index < -0.39 is 36.6 Å². The van der Waals surface area contributed by atoms with E-state index in [1.165, 1.54) is 41.6 Å². The molecule has 2 aromatic heterocycles. The monoisotopic (exact) mass is 494 g/mol. The highest BCUT2D eigenvalue weighted by Gasteiger charge is 2.35. The molecular formula is C23H19F5N4O3. The van der Waals surface area contributed by atoms with Gasteiger partial charge in [-0.05, 0) is 37.3 Å². The van der Waals surface area contributed by atoms with E-state index in [0.29, 0.717) is 0 Å². The molecule has 1 aromatic carbocycles. The summed E-state index contributed by atoms with van der Waals surface area (Å²) in [6, 6.07) is 6.64. The maximum atomic E-state index is 13.3. The molecule has 1 atom stereocenters. The average molecular weight is 494 g/mol. The summed E-state index contributed by atoms with van der Waals surface area (Å²) in [7, 11) is 0. The van der Waals surface area contributed by atoms with Crippen molar-refractivity contribution >= 4 is 23.2 Å². The Hall–Kier alpha value is -3.96. The fourth-order valence-corrected chi connectivity index (χ4v) is 3.78. The maximum absolute atomic E-state index is 13.3. The van der Waals surface area contributed by atoms with Crippen molar-refractivity contribution in [1.29, 1.82) is 0 Å². The third kappa shape index (κ3) is 4.96. The molecule has 0 spiro atoms. The normalized spacial score (nSPS) is 15.8. The summed E-state index contributed by atoms with van der Waals surface area (Å²) < 4.78 is 70.4. The molecule has 2 amide bonds. The number of hydrogen-bond acceptors (Lipinski definition) is 4. The molecular weight excluding hydrogens is 475 g/mol. The van der Waals surface area contributed by atoms with E-state index in [9.17, 15) is 31.5 Å². The second-order valence-corrected chi connectivity index (χ2v) is 7.82. The van der Waals surface area contributed by atoms with Gasteiger partial charge in [0.1, 0.15) is 23.7 Å². The molecule has 0 aliphatic carbocycles. The fourth-order valence-electron chi connectivity index (χ4n) is 3.78. The standard InChI is InChI=1S/C23H19F5N4O3/c1-13-11-32(15-4-2-14(3-5-15)23(26,27)28)22(34)20-16(7-9-31(13)20)21(33)30-17-10-29-8-6-18(17)35-12-19(24)25/h2-10,13,19H,11-12H2,1H3,(H,30,33)/t13-/m0/s1. The number of amides is 2. The molecule has 4 rings (SSSR count). The summed E-state index contributed by atoms with van der Waals surface area (Å²) in [5, 5.41) is 2.52. The number of carbonyl (C=O) groups is 2. The second-order valence-electron chi connectivity index (χ2n) is 7.82. The van der Waals surface area contributed by atoms with Crippen LogP contribution in [0.5, 0.6) is 5.75 Å². The van der Waals surface area contributed by atoms with Crippen LogP contribution in [0, 0.1) is 0 Å². The second kappa shape index (κ2) is 9.35. The van der Waals surface area contributed by atoms with Gasteiger partial charge in [-0.25, -0.2) is 8.78 Å². The highest BCUT2D eigenvalue weighted by Crippen LogP contribution is 2.33. The lowest BCUT2D eigenvalue weighted by molar-refractivity contribution is -0.137. The molecule has 1 N–H and O–H groups in total. The Balaban J connectivity index is 1.61. The minimum absolute atomic E-state index is 0.00197. The predicted octanol–water partition coefficient (Wildman–Crippen LogP) is 5.02. The van der Waals surface area contributed by atoms with E-state index in [2.05, 4.69) is 10.3 Å². The van der Waals surface area contributed by atoms with Gasteiger partial charge < -0.3 is 19.5 Å². The van der Waals surface area contributed by atoms with Gasteiger partial charge in [-0.1, -0.05) is 0 Å². The van der Waals surface area contributed by atoms with E-state index in [-0.39, 0.29) is 41.0 Å². The molecule has 3 heterocycles. The van der Waals surface area contributed by atoms with Gasteiger partial charge in [0.05, 0.1) is 17.3 Å². The van der Waals surface area contributed by atoms with E-state index in [1.807, 2.05) is 0 Å². The number of nitrogens with one attached hydrogen (secondary N) is 1. The molecule has 0 fully saturated rings. The number of anilines is 2. The van der Waals surface area contributed by atoms with Crippen LogP contribution < -0.4 is 15.0 Å². The number of alkyl halides is 5. The van der Waals surface area contributed by atoms with Gasteiger partial charge in [-0.3, -0.25) is 14.6 Å². The van der Waals surface area contributed by atoms with Gasteiger partial charge in [0.25, 0.3) is 18.2 Å². The average Bonchev–Trinajstić information content (AvgIpc) is 3.27. The van der Waals surface area contributed by atoms with Crippen molar-refractivity contribution in [3.8, 4) is 5.75 Å². The topological polar surface area (TPSA) is 76.5 Å². The quantitative estimate of drug-likeness (QED) is 0.489. The molecule has 12 heteroatoms. The van der Waals surface area contributed by atoms with Crippen molar-refractivity contribution in [2.24, 2.45) is 0 Å². The van der Waals surface area contributed by atoms with Gasteiger partial charge >= 0.3 is 6.18 Å². The van der Waals surface area contributed by atoms with Crippen LogP contribution in [0.15, 0.2) is 55.0 Å². The van der Waals surface area contributed by atoms with Crippen LogP contribution in [0.4, 0.5) is 33.3 Å². The number of aromatic nitrogens is 2. The summed E-state index contributed by atoms with van der Waals surface area (Å²) in [6.07, 6.45) is -3.14. The highest BCUT2D eigenvalue weighted by molar-refractivity contribution is 6.16. The first-order valence-corrected chi connectivity index (χ1v) is 10.4. The summed E-state index contributed by atoms with van der Waals surface area (Å²) in [5.41, 5.74) is -0.511. The molecule has 1 aliphatic heterocycles. The predicted molar refractivity (Wildman–Crippen MR) is 116 cm³/mol. The van der Waals surface area contributed by atoms with Crippen LogP contribution in [0.1, 0.15) is 39.4 Å². The first-order valence-electron chi connectivity index (χ1n) is 10.4. The number of pyridine rings is 1. The largest absolute Gasteiger partial charge is 0.485 e. The molecule has 0 unspecified atom stereocenters. The summed E-state index contributed by atoms with van der Waals surface area (Å²) >= 11 is 0. The number of benzene rings is 1. The van der Waals surface area contributed by atoms with Crippen LogP contribution >= 0.6 is 0 Å². The van der Waals surface area contributed by atoms with Gasteiger partial charge in [0.2, 0.25) is 0 Å². The minimum Gasteiger partial charge on any atom is -0.485 e. The number of rotatable bonds is 6. The first-order chi connectivity index (χ1) is 16.6. The number of hydrogen-bond donors (Lipinski definition) is 1. The Kier molecular flexibility index (Phi) is 6.46. The van der Waals surface area contributed by atoms with Crippen LogP contribution in [0.25, 0.3) is 0 Å². The molecule has 0 saturated heterocycles. The molecule has 0 saturated carbocycles. The van der Waals surface area contributed by atoms with Crippen molar-refractivity contribution in [2.45, 2.75) is 25.6 Å². The van der Waals surface area contributed by atoms with Crippen molar-refractivity contribution in [3.63, 3.8) is 0 Å². The summed E-state index contributed by atoms with van der Waals surface area (Å²) in [5.74, 6) is -1.30. The third-order valence-electron chi connectivity index (χ3n) is 5.43. The van der Waals surface area contributed by atoms with E-state index in [4.69, 9.17) is 4.74 Å². The van der Waals surface area contributed by atoms with Crippen molar-refractivity contribution in [2.75, 3.05) is 23.4 Å². The lowest BCUT2D eigenvalue weighted by Gasteiger charge is -2.33. The highest BCUT2D eigenvalue weighted by atomic mass is 19.4. The zero-order valence-corrected chi connectivity index (χ0v) is 18.2. The van der Waals surface area contributed by atoms with Crippen LogP contribution in [0.2, 0.25) is 0 Å². The molecule has 3 aromatic rings. The van der Waals surface area contributed by atoms with Crippen molar-refractivity contribution < 1.29 is 36.3 Å². The van der Waals surface area contributed by atoms with Gasteiger partial charge in [-0.15, -0.1) is 0 Å². The molecule has 0 bridgehead atoms. The molecule has 0 radical (unpaired) electrons. The molecule has 184 valence electrons. The van der Waals surface area contributed by atoms with E-state index >= 15 is 0 Å². The summed E-state index contributed by atoms with van der Waals surface area (Å²) in [4.78, 5) is 31.5. The van der Waals surface area contributed by atoms with Gasteiger partial charge in [0.15, 0.2) is 0 Å². The Labute approximate surface area is 196 Å². The zero-order chi connectivity index (χ0) is 25.3. The Morgan fingerprint density at radius 1 is 1.20 bits per heavy atom.